The van der Waals surface area contributed by atoms with Crippen molar-refractivity contribution in [3.8, 4) is 6.07 Å². The highest BCUT2D eigenvalue weighted by Crippen LogP contribution is 2.21. The highest BCUT2D eigenvalue weighted by molar-refractivity contribution is 7.88. The van der Waals surface area contributed by atoms with E-state index in [9.17, 15) is 13.2 Å². The van der Waals surface area contributed by atoms with Crippen LogP contribution in [-0.4, -0.2) is 31.7 Å². The van der Waals surface area contributed by atoms with E-state index in [4.69, 9.17) is 11.0 Å². The molecular formula is C14H17N3O3S. The predicted octanol–water partition coefficient (Wildman–Crippen LogP) is 0.585. The Morgan fingerprint density at radius 3 is 2.33 bits per heavy atom. The van der Waals surface area contributed by atoms with Crippen molar-refractivity contribution in [2.24, 2.45) is 11.7 Å². The van der Waals surface area contributed by atoms with Crippen molar-refractivity contribution < 1.29 is 13.2 Å². The topological polar surface area (TPSA) is 104 Å². The number of primary amides is 1. The molecule has 0 radical (unpaired) electrons. The zero-order valence-electron chi connectivity index (χ0n) is 11.5. The fourth-order valence-corrected chi connectivity index (χ4v) is 3.96. The largest absolute Gasteiger partial charge is 0.369 e. The molecule has 2 rings (SSSR count). The maximum absolute atomic E-state index is 12.3. The Balaban J connectivity index is 2.02. The second-order valence-corrected chi connectivity index (χ2v) is 7.11. The molecule has 0 saturated carbocycles. The Hall–Kier alpha value is -1.91. The molecule has 1 aromatic rings. The van der Waals surface area contributed by atoms with E-state index in [1.807, 2.05) is 6.07 Å². The van der Waals surface area contributed by atoms with Gasteiger partial charge in [0.2, 0.25) is 15.9 Å². The van der Waals surface area contributed by atoms with Gasteiger partial charge in [0.25, 0.3) is 0 Å². The normalized spacial score (nSPS) is 17.3. The summed E-state index contributed by atoms with van der Waals surface area (Å²) in [5.74, 6) is -0.689. The van der Waals surface area contributed by atoms with Crippen molar-refractivity contribution >= 4 is 15.9 Å². The van der Waals surface area contributed by atoms with Gasteiger partial charge >= 0.3 is 0 Å². The molecule has 1 amide bonds. The molecular weight excluding hydrogens is 290 g/mol. The van der Waals surface area contributed by atoms with Crippen LogP contribution < -0.4 is 5.73 Å². The van der Waals surface area contributed by atoms with Crippen LogP contribution in [-0.2, 0) is 20.6 Å². The summed E-state index contributed by atoms with van der Waals surface area (Å²) in [5, 5.41) is 8.72. The molecule has 1 fully saturated rings. The van der Waals surface area contributed by atoms with Gasteiger partial charge in [-0.2, -0.15) is 5.26 Å². The molecule has 1 heterocycles. The summed E-state index contributed by atoms with van der Waals surface area (Å²) in [4.78, 5) is 11.1. The number of nitrogens with two attached hydrogens (primary N) is 1. The van der Waals surface area contributed by atoms with Crippen LogP contribution in [0, 0.1) is 17.2 Å². The lowest BCUT2D eigenvalue weighted by atomic mass is 9.98. The smallest absolute Gasteiger partial charge is 0.220 e. The first kappa shape index (κ1) is 15.5. The van der Waals surface area contributed by atoms with Gasteiger partial charge in [0.15, 0.2) is 0 Å². The van der Waals surface area contributed by atoms with Crippen LogP contribution in [0.5, 0.6) is 0 Å². The van der Waals surface area contributed by atoms with Crippen LogP contribution in [0.4, 0.5) is 0 Å². The highest BCUT2D eigenvalue weighted by Gasteiger charge is 2.30. The maximum Gasteiger partial charge on any atom is 0.220 e. The van der Waals surface area contributed by atoms with Crippen LogP contribution in [0.25, 0.3) is 0 Å². The van der Waals surface area contributed by atoms with Crippen LogP contribution >= 0.6 is 0 Å². The third-order valence-electron chi connectivity index (χ3n) is 3.68. The van der Waals surface area contributed by atoms with Gasteiger partial charge in [-0.1, -0.05) is 12.1 Å². The zero-order chi connectivity index (χ0) is 15.5. The molecule has 0 atom stereocenters. The maximum atomic E-state index is 12.3. The quantitative estimate of drug-likeness (QED) is 0.878. The predicted molar refractivity (Wildman–Crippen MR) is 77.3 cm³/mol. The zero-order valence-corrected chi connectivity index (χ0v) is 12.3. The average Bonchev–Trinajstić information content (AvgIpc) is 2.48. The minimum Gasteiger partial charge on any atom is -0.369 e. The molecule has 1 aromatic carbocycles. The molecule has 21 heavy (non-hydrogen) atoms. The lowest BCUT2D eigenvalue weighted by molar-refractivity contribution is -0.122. The fraction of sp³-hybridized carbons (Fsp3) is 0.429. The molecule has 0 unspecified atom stereocenters. The van der Waals surface area contributed by atoms with E-state index in [-0.39, 0.29) is 17.6 Å². The number of hydrogen-bond donors (Lipinski definition) is 1. The van der Waals surface area contributed by atoms with E-state index < -0.39 is 10.0 Å². The molecule has 112 valence electrons. The molecule has 0 aromatic heterocycles. The lowest BCUT2D eigenvalue weighted by Crippen LogP contribution is -2.42. The van der Waals surface area contributed by atoms with Crippen molar-refractivity contribution in [3.05, 3.63) is 35.4 Å². The monoisotopic (exact) mass is 307 g/mol. The second kappa shape index (κ2) is 6.24. The Bertz CT molecular complexity index is 654. The number of amides is 1. The minimum atomic E-state index is -3.41. The second-order valence-electron chi connectivity index (χ2n) is 5.14. The Kier molecular flexibility index (Phi) is 4.60. The molecule has 2 N–H and O–H groups in total. The van der Waals surface area contributed by atoms with Crippen molar-refractivity contribution in [2.75, 3.05) is 13.1 Å². The molecule has 1 saturated heterocycles. The number of rotatable bonds is 4. The molecule has 7 heteroatoms. The minimum absolute atomic E-state index is 0.0973. The molecule has 0 bridgehead atoms. The highest BCUT2D eigenvalue weighted by atomic mass is 32.2. The van der Waals surface area contributed by atoms with E-state index in [2.05, 4.69) is 0 Å². The van der Waals surface area contributed by atoms with E-state index in [1.54, 1.807) is 24.3 Å². The van der Waals surface area contributed by atoms with Crippen molar-refractivity contribution in [3.63, 3.8) is 0 Å². The molecule has 1 aliphatic rings. The van der Waals surface area contributed by atoms with Gasteiger partial charge in [0.1, 0.15) is 0 Å². The third-order valence-corrected chi connectivity index (χ3v) is 5.53. The Morgan fingerprint density at radius 2 is 1.86 bits per heavy atom. The molecule has 0 spiro atoms. The van der Waals surface area contributed by atoms with E-state index >= 15 is 0 Å². The van der Waals surface area contributed by atoms with Gasteiger partial charge in [0, 0.05) is 19.0 Å². The van der Waals surface area contributed by atoms with Crippen LogP contribution in [0.3, 0.4) is 0 Å². The van der Waals surface area contributed by atoms with Crippen molar-refractivity contribution in [2.45, 2.75) is 18.6 Å². The Labute approximate surface area is 124 Å². The number of nitriles is 1. The molecule has 0 aliphatic carbocycles. The number of carbonyl (C=O) groups is 1. The third kappa shape index (κ3) is 3.80. The standard InChI is InChI=1S/C14H17N3O3S/c15-9-11-1-3-12(4-2-11)10-21(19,20)17-7-5-13(6-8-17)14(16)18/h1-4,13H,5-8,10H2,(H2,16,18). The summed E-state index contributed by atoms with van der Waals surface area (Å²) >= 11 is 0. The fourth-order valence-electron chi connectivity index (χ4n) is 2.40. The number of piperidine rings is 1. The number of nitrogens with zero attached hydrogens (tertiary/aromatic N) is 2. The summed E-state index contributed by atoms with van der Waals surface area (Å²) in [6, 6.07) is 8.49. The van der Waals surface area contributed by atoms with Gasteiger partial charge in [-0.15, -0.1) is 0 Å². The van der Waals surface area contributed by atoms with E-state index in [0.29, 0.717) is 37.1 Å². The SMILES string of the molecule is N#Cc1ccc(CS(=O)(=O)N2CCC(C(N)=O)CC2)cc1. The van der Waals surface area contributed by atoms with Gasteiger partial charge in [-0.3, -0.25) is 4.79 Å². The van der Waals surface area contributed by atoms with E-state index in [0.717, 1.165) is 0 Å². The summed E-state index contributed by atoms with van der Waals surface area (Å²) in [5.41, 5.74) is 6.38. The first-order valence-corrected chi connectivity index (χ1v) is 8.29. The van der Waals surface area contributed by atoms with Crippen molar-refractivity contribution in [1.82, 2.24) is 4.31 Å². The van der Waals surface area contributed by atoms with Crippen LogP contribution in [0.1, 0.15) is 24.0 Å². The van der Waals surface area contributed by atoms with E-state index in [1.165, 1.54) is 4.31 Å². The number of benzene rings is 1. The Morgan fingerprint density at radius 1 is 1.29 bits per heavy atom. The van der Waals surface area contributed by atoms with Gasteiger partial charge in [-0.25, -0.2) is 12.7 Å². The van der Waals surface area contributed by atoms with Crippen molar-refractivity contribution in [1.29, 1.82) is 5.26 Å². The average molecular weight is 307 g/mol. The number of carbonyl (C=O) groups excluding carboxylic acids is 1. The lowest BCUT2D eigenvalue weighted by Gasteiger charge is -2.29. The molecule has 1 aliphatic heterocycles. The van der Waals surface area contributed by atoms with Gasteiger partial charge < -0.3 is 5.73 Å². The van der Waals surface area contributed by atoms with Crippen LogP contribution in [0.15, 0.2) is 24.3 Å². The summed E-state index contributed by atoms with van der Waals surface area (Å²) in [6.07, 6.45) is 0.948. The number of sulfonamides is 1. The van der Waals surface area contributed by atoms with Gasteiger partial charge in [-0.05, 0) is 30.5 Å². The number of hydrogen-bond acceptors (Lipinski definition) is 4. The van der Waals surface area contributed by atoms with Crippen LogP contribution in [0.2, 0.25) is 0 Å². The first-order valence-electron chi connectivity index (χ1n) is 6.68. The summed E-state index contributed by atoms with van der Waals surface area (Å²) < 4.78 is 26.1. The summed E-state index contributed by atoms with van der Waals surface area (Å²) in [6.45, 7) is 0.651. The first-order chi connectivity index (χ1) is 9.92. The van der Waals surface area contributed by atoms with Gasteiger partial charge in [0.05, 0.1) is 17.4 Å². The molecule has 6 nitrogen and oxygen atoms in total. The summed E-state index contributed by atoms with van der Waals surface area (Å²) in [7, 11) is -3.41.